The van der Waals surface area contributed by atoms with Gasteiger partial charge in [0.15, 0.2) is 17.8 Å². The summed E-state index contributed by atoms with van der Waals surface area (Å²) < 4.78 is 26.8. The van der Waals surface area contributed by atoms with Crippen molar-refractivity contribution < 1.29 is 18.7 Å². The number of guanidine groups is 1. The van der Waals surface area contributed by atoms with Gasteiger partial charge in [0.25, 0.3) is 0 Å². The van der Waals surface area contributed by atoms with E-state index in [2.05, 4.69) is 9.98 Å². The predicted molar refractivity (Wildman–Crippen MR) is 111 cm³/mol. The zero-order valence-electron chi connectivity index (χ0n) is 17.3. The van der Waals surface area contributed by atoms with E-state index in [9.17, 15) is 9.18 Å². The van der Waals surface area contributed by atoms with E-state index < -0.39 is 17.1 Å². The molecule has 8 heteroatoms. The zero-order chi connectivity index (χ0) is 21.5. The van der Waals surface area contributed by atoms with Gasteiger partial charge < -0.3 is 24.9 Å². The maximum atomic E-state index is 14.4. The molecule has 3 atom stereocenters. The molecule has 3 heterocycles. The van der Waals surface area contributed by atoms with Crippen LogP contribution in [0.2, 0.25) is 0 Å². The van der Waals surface area contributed by atoms with E-state index >= 15 is 0 Å². The van der Waals surface area contributed by atoms with Crippen molar-refractivity contribution in [3.63, 3.8) is 0 Å². The monoisotopic (exact) mass is 412 g/mol. The minimum absolute atomic E-state index is 0.182. The number of halogens is 1. The first-order chi connectivity index (χ1) is 14.3. The number of aromatic nitrogens is 1. The molecule has 0 aliphatic carbocycles. The average molecular weight is 412 g/mol. The SMILES string of the molecule is CN(C)C(N)=NC1(C=O)c2cc(-c3cccnc3F)ccc2OC2CCCOC21C. The van der Waals surface area contributed by atoms with E-state index in [1.807, 2.05) is 6.92 Å². The minimum Gasteiger partial charge on any atom is -0.487 e. The normalized spacial score (nSPS) is 28.1. The van der Waals surface area contributed by atoms with Crippen LogP contribution in [0.4, 0.5) is 4.39 Å². The van der Waals surface area contributed by atoms with Crippen LogP contribution in [-0.4, -0.2) is 54.5 Å². The molecule has 0 bridgehead atoms. The quantitative estimate of drug-likeness (QED) is 0.361. The van der Waals surface area contributed by atoms with Crippen molar-refractivity contribution in [2.45, 2.75) is 37.0 Å². The Hall–Kier alpha value is -3.00. The van der Waals surface area contributed by atoms with Crippen molar-refractivity contribution >= 4 is 12.2 Å². The van der Waals surface area contributed by atoms with Crippen LogP contribution in [0, 0.1) is 5.95 Å². The second-order valence-electron chi connectivity index (χ2n) is 8.01. The second-order valence-corrected chi connectivity index (χ2v) is 8.01. The lowest BCUT2D eigenvalue weighted by Gasteiger charge is -2.53. The van der Waals surface area contributed by atoms with Crippen molar-refractivity contribution in [2.75, 3.05) is 20.7 Å². The Balaban J connectivity index is 1.99. The van der Waals surface area contributed by atoms with Gasteiger partial charge in [-0.25, -0.2) is 9.98 Å². The van der Waals surface area contributed by atoms with Gasteiger partial charge in [0.1, 0.15) is 17.5 Å². The fraction of sp³-hybridized carbons (Fsp3) is 0.409. The Morgan fingerprint density at radius 3 is 2.90 bits per heavy atom. The van der Waals surface area contributed by atoms with Gasteiger partial charge in [-0.15, -0.1) is 0 Å². The van der Waals surface area contributed by atoms with E-state index in [4.69, 9.17) is 15.2 Å². The lowest BCUT2D eigenvalue weighted by atomic mass is 9.69. The maximum absolute atomic E-state index is 14.4. The third-order valence-corrected chi connectivity index (χ3v) is 6.03. The van der Waals surface area contributed by atoms with E-state index in [0.29, 0.717) is 29.0 Å². The highest BCUT2D eigenvalue weighted by Crippen LogP contribution is 2.52. The van der Waals surface area contributed by atoms with Crippen molar-refractivity contribution in [1.29, 1.82) is 0 Å². The Bertz CT molecular complexity index is 1010. The molecule has 1 fully saturated rings. The van der Waals surface area contributed by atoms with Gasteiger partial charge in [-0.05, 0) is 49.6 Å². The van der Waals surface area contributed by atoms with E-state index in [1.54, 1.807) is 49.3 Å². The van der Waals surface area contributed by atoms with Crippen LogP contribution in [0.15, 0.2) is 41.5 Å². The molecule has 0 radical (unpaired) electrons. The fourth-order valence-corrected chi connectivity index (χ4v) is 4.23. The molecule has 7 nitrogen and oxygen atoms in total. The minimum atomic E-state index is -1.45. The van der Waals surface area contributed by atoms with Crippen LogP contribution >= 0.6 is 0 Å². The number of ether oxygens (including phenoxy) is 2. The maximum Gasteiger partial charge on any atom is 0.220 e. The summed E-state index contributed by atoms with van der Waals surface area (Å²) in [4.78, 5) is 22.8. The molecule has 0 spiro atoms. The lowest BCUT2D eigenvalue weighted by Crippen LogP contribution is -2.65. The Kier molecular flexibility index (Phi) is 4.97. The molecular formula is C22H25FN4O3. The summed E-state index contributed by atoms with van der Waals surface area (Å²) in [6, 6.07) is 8.50. The smallest absolute Gasteiger partial charge is 0.220 e. The van der Waals surface area contributed by atoms with Crippen molar-refractivity contribution in [3.05, 3.63) is 48.0 Å². The number of fused-ring (bicyclic) bond motifs is 2. The number of aliphatic imine (C=N–C) groups is 1. The molecule has 2 aliphatic heterocycles. The largest absolute Gasteiger partial charge is 0.487 e. The molecule has 3 unspecified atom stereocenters. The number of nitrogens with two attached hydrogens (primary N) is 1. The average Bonchev–Trinajstić information content (AvgIpc) is 2.74. The number of pyridine rings is 1. The summed E-state index contributed by atoms with van der Waals surface area (Å²) in [5.41, 5.74) is 5.03. The van der Waals surface area contributed by atoms with Crippen molar-refractivity contribution in [2.24, 2.45) is 10.7 Å². The number of hydrogen-bond acceptors (Lipinski definition) is 5. The highest BCUT2D eigenvalue weighted by Gasteiger charge is 2.62. The molecule has 158 valence electrons. The van der Waals surface area contributed by atoms with Crippen LogP contribution in [0.5, 0.6) is 5.75 Å². The number of nitrogens with zero attached hydrogens (tertiary/aromatic N) is 3. The van der Waals surface area contributed by atoms with Gasteiger partial charge in [-0.2, -0.15) is 4.39 Å². The Labute approximate surface area is 174 Å². The highest BCUT2D eigenvalue weighted by molar-refractivity contribution is 5.85. The Morgan fingerprint density at radius 1 is 1.40 bits per heavy atom. The van der Waals surface area contributed by atoms with Gasteiger partial charge in [0.05, 0.1) is 0 Å². The molecule has 2 aliphatic rings. The molecule has 4 rings (SSSR count). The van der Waals surface area contributed by atoms with Gasteiger partial charge in [0, 0.05) is 38.0 Å². The molecule has 1 aromatic carbocycles. The van der Waals surface area contributed by atoms with Crippen molar-refractivity contribution in [1.82, 2.24) is 9.88 Å². The fourth-order valence-electron chi connectivity index (χ4n) is 4.23. The molecule has 1 saturated heterocycles. The number of aldehydes is 1. The van der Waals surface area contributed by atoms with Crippen LogP contribution in [0.3, 0.4) is 0 Å². The number of rotatable bonds is 3. The highest BCUT2D eigenvalue weighted by atomic mass is 19.1. The number of carbonyl (C=O) groups excluding carboxylic acids is 1. The molecule has 1 aromatic heterocycles. The van der Waals surface area contributed by atoms with Crippen LogP contribution in [-0.2, 0) is 15.1 Å². The third-order valence-electron chi connectivity index (χ3n) is 6.03. The summed E-state index contributed by atoms with van der Waals surface area (Å²) in [5, 5.41) is 0. The zero-order valence-corrected chi connectivity index (χ0v) is 17.3. The summed E-state index contributed by atoms with van der Waals surface area (Å²) in [7, 11) is 3.50. The lowest BCUT2D eigenvalue weighted by molar-refractivity contribution is -0.184. The molecule has 0 saturated carbocycles. The van der Waals surface area contributed by atoms with Gasteiger partial charge >= 0.3 is 0 Å². The molecule has 2 N–H and O–H groups in total. The van der Waals surface area contributed by atoms with Gasteiger partial charge in [0.2, 0.25) is 5.95 Å². The second kappa shape index (κ2) is 7.36. The number of benzene rings is 1. The van der Waals surface area contributed by atoms with Crippen LogP contribution < -0.4 is 10.5 Å². The number of hydrogen-bond donors (Lipinski definition) is 1. The molecule has 0 amide bonds. The molecule has 30 heavy (non-hydrogen) atoms. The van der Waals surface area contributed by atoms with E-state index in [-0.39, 0.29) is 12.1 Å². The Morgan fingerprint density at radius 2 is 2.20 bits per heavy atom. The standard InChI is InChI=1S/C22H25FN4O3/c1-21-18(7-5-11-29-21)30-17-9-8-14(15-6-4-10-25-19(15)23)12-16(17)22(21,13-28)26-20(24)27(2)3/h4,6,8-10,12-13,18H,5,7,11H2,1-3H3,(H2,24,26). The molecular weight excluding hydrogens is 387 g/mol. The van der Waals surface area contributed by atoms with E-state index in [0.717, 1.165) is 19.1 Å². The first-order valence-electron chi connectivity index (χ1n) is 9.87. The van der Waals surface area contributed by atoms with Crippen LogP contribution in [0.25, 0.3) is 11.1 Å². The van der Waals surface area contributed by atoms with Crippen molar-refractivity contribution in [3.8, 4) is 16.9 Å². The topological polar surface area (TPSA) is 90.0 Å². The summed E-state index contributed by atoms with van der Waals surface area (Å²) >= 11 is 0. The summed E-state index contributed by atoms with van der Waals surface area (Å²) in [6.07, 6.45) is 3.33. The first kappa shape index (κ1) is 20.3. The summed E-state index contributed by atoms with van der Waals surface area (Å²) in [6.45, 7) is 2.31. The first-order valence-corrected chi connectivity index (χ1v) is 9.87. The van der Waals surface area contributed by atoms with Crippen LogP contribution in [0.1, 0.15) is 25.3 Å². The van der Waals surface area contributed by atoms with Gasteiger partial charge in [-0.3, -0.25) is 0 Å². The predicted octanol–water partition coefficient (Wildman–Crippen LogP) is 2.49. The number of carbonyl (C=O) groups is 1. The van der Waals surface area contributed by atoms with E-state index in [1.165, 1.54) is 6.20 Å². The molecule has 2 aromatic rings. The van der Waals surface area contributed by atoms with Gasteiger partial charge in [-0.1, -0.05) is 6.07 Å². The summed E-state index contributed by atoms with van der Waals surface area (Å²) in [5.74, 6) is 0.0979. The third kappa shape index (κ3) is 2.94.